The second-order valence-electron chi connectivity index (χ2n) is 8.21. The Morgan fingerprint density at radius 3 is 2.21 bits per heavy atom. The van der Waals surface area contributed by atoms with Crippen molar-refractivity contribution >= 4 is 17.6 Å². The lowest BCUT2D eigenvalue weighted by atomic mass is 9.88. The number of hydrogen-bond donors (Lipinski definition) is 0. The lowest BCUT2D eigenvalue weighted by Gasteiger charge is -2.28. The zero-order chi connectivity index (χ0) is 20.4. The molecule has 1 saturated carbocycles. The van der Waals surface area contributed by atoms with E-state index in [1.807, 2.05) is 19.2 Å². The number of likely N-dealkylation sites (N-methyl/N-ethyl adjacent to an activating group) is 1. The van der Waals surface area contributed by atoms with Crippen LogP contribution in [0.2, 0.25) is 0 Å². The van der Waals surface area contributed by atoms with E-state index in [-0.39, 0.29) is 29.5 Å². The molecule has 0 saturated heterocycles. The maximum atomic E-state index is 13.3. The Hall–Kier alpha value is -2.76. The predicted molar refractivity (Wildman–Crippen MR) is 112 cm³/mol. The molecule has 2 aliphatic carbocycles. The summed E-state index contributed by atoms with van der Waals surface area (Å²) in [5.74, 6) is 0.223. The average Bonchev–Trinajstić information content (AvgIpc) is 3.22. The normalized spacial score (nSPS) is 17.0. The number of carbonyl (C=O) groups is 2. The van der Waals surface area contributed by atoms with Gasteiger partial charge in [0.2, 0.25) is 5.91 Å². The second-order valence-corrected chi connectivity index (χ2v) is 8.21. The summed E-state index contributed by atoms with van der Waals surface area (Å²) in [5.41, 5.74) is 2.83. The summed E-state index contributed by atoms with van der Waals surface area (Å²) in [6.07, 6.45) is 9.92. The number of nitrogens with zero attached hydrogens (tertiary/aromatic N) is 4. The summed E-state index contributed by atoms with van der Waals surface area (Å²) in [6, 6.07) is 8.41. The molecule has 0 radical (unpaired) electrons. The summed E-state index contributed by atoms with van der Waals surface area (Å²) in [4.78, 5) is 38.2. The number of benzene rings is 1. The van der Waals surface area contributed by atoms with Gasteiger partial charge in [-0.15, -0.1) is 0 Å². The lowest BCUT2D eigenvalue weighted by Crippen LogP contribution is -2.40. The van der Waals surface area contributed by atoms with Crippen LogP contribution in [-0.4, -0.2) is 46.8 Å². The third-order valence-electron chi connectivity index (χ3n) is 6.38. The van der Waals surface area contributed by atoms with Crippen molar-refractivity contribution in [2.45, 2.75) is 51.0 Å². The molecule has 6 heteroatoms. The molecule has 0 bridgehead atoms. The van der Waals surface area contributed by atoms with Gasteiger partial charge in [-0.05, 0) is 36.8 Å². The average molecular weight is 393 g/mol. The highest BCUT2D eigenvalue weighted by Crippen LogP contribution is 2.29. The highest BCUT2D eigenvalue weighted by atomic mass is 16.2. The maximum Gasteiger partial charge on any atom is 0.276 e. The van der Waals surface area contributed by atoms with Crippen LogP contribution in [0, 0.1) is 5.92 Å². The topological polar surface area (TPSA) is 66.4 Å². The first kappa shape index (κ1) is 19.6. The number of aromatic nitrogens is 2. The molecule has 1 aromatic carbocycles. The van der Waals surface area contributed by atoms with Gasteiger partial charge in [0.15, 0.2) is 11.5 Å². The first-order chi connectivity index (χ1) is 14.1. The maximum absolute atomic E-state index is 13.3. The fourth-order valence-electron chi connectivity index (χ4n) is 4.60. The van der Waals surface area contributed by atoms with Crippen molar-refractivity contribution in [3.05, 3.63) is 53.5 Å². The van der Waals surface area contributed by atoms with E-state index in [1.54, 1.807) is 18.1 Å². The van der Waals surface area contributed by atoms with Crippen LogP contribution in [-0.2, 0) is 17.6 Å². The van der Waals surface area contributed by atoms with Crippen molar-refractivity contribution in [1.29, 1.82) is 0 Å². The molecule has 0 spiro atoms. The quantitative estimate of drug-likeness (QED) is 0.801. The van der Waals surface area contributed by atoms with Crippen LogP contribution in [0.15, 0.2) is 36.7 Å². The Balaban J connectivity index is 1.53. The first-order valence-electron chi connectivity index (χ1n) is 10.5. The van der Waals surface area contributed by atoms with Crippen molar-refractivity contribution in [2.75, 3.05) is 19.0 Å². The zero-order valence-corrected chi connectivity index (χ0v) is 17.2. The van der Waals surface area contributed by atoms with E-state index < -0.39 is 0 Å². The van der Waals surface area contributed by atoms with Crippen molar-refractivity contribution in [1.82, 2.24) is 14.9 Å². The molecule has 0 aliphatic heterocycles. The van der Waals surface area contributed by atoms with Gasteiger partial charge in [0.25, 0.3) is 5.91 Å². The smallest absolute Gasteiger partial charge is 0.276 e. The number of rotatable bonds is 4. The minimum absolute atomic E-state index is 0.0146. The van der Waals surface area contributed by atoms with Gasteiger partial charge in [0.05, 0.1) is 0 Å². The Labute approximate surface area is 172 Å². The minimum atomic E-state index is -0.186. The van der Waals surface area contributed by atoms with Crippen LogP contribution in [0.1, 0.15) is 53.7 Å². The second kappa shape index (κ2) is 8.31. The van der Waals surface area contributed by atoms with E-state index in [4.69, 9.17) is 0 Å². The van der Waals surface area contributed by atoms with Gasteiger partial charge in [-0.25, -0.2) is 9.97 Å². The Kier molecular flexibility index (Phi) is 5.60. The number of amides is 2. The molecule has 6 nitrogen and oxygen atoms in total. The molecule has 1 aromatic heterocycles. The molecule has 0 unspecified atom stereocenters. The minimum Gasteiger partial charge on any atom is -0.337 e. The Morgan fingerprint density at radius 1 is 0.931 bits per heavy atom. The molecular formula is C23H28N4O2. The third kappa shape index (κ3) is 3.88. The molecule has 2 aliphatic rings. The third-order valence-corrected chi connectivity index (χ3v) is 6.38. The number of carbonyl (C=O) groups excluding carboxylic acids is 2. The highest BCUT2D eigenvalue weighted by Gasteiger charge is 2.32. The van der Waals surface area contributed by atoms with Crippen molar-refractivity contribution in [3.8, 4) is 0 Å². The van der Waals surface area contributed by atoms with Gasteiger partial charge in [-0.1, -0.05) is 43.5 Å². The van der Waals surface area contributed by atoms with Crippen LogP contribution < -0.4 is 4.90 Å². The summed E-state index contributed by atoms with van der Waals surface area (Å²) in [5, 5.41) is 0. The largest absolute Gasteiger partial charge is 0.337 e. The first-order valence-corrected chi connectivity index (χ1v) is 10.5. The van der Waals surface area contributed by atoms with Crippen LogP contribution in [0.4, 0.5) is 5.82 Å². The molecule has 1 heterocycles. The Morgan fingerprint density at radius 2 is 1.55 bits per heavy atom. The molecule has 2 aromatic rings. The Bertz CT molecular complexity index is 882. The molecule has 29 heavy (non-hydrogen) atoms. The predicted octanol–water partition coefficient (Wildman–Crippen LogP) is 3.26. The number of hydrogen-bond acceptors (Lipinski definition) is 4. The summed E-state index contributed by atoms with van der Waals surface area (Å²) in [6.45, 7) is 0. The SMILES string of the molecule is CN(C(=O)C1CCCCC1)c1nccnc1C(=O)N(C)C1Cc2ccccc2C1. The molecule has 1 fully saturated rings. The van der Waals surface area contributed by atoms with E-state index in [1.165, 1.54) is 28.6 Å². The van der Waals surface area contributed by atoms with Gasteiger partial charge in [0.1, 0.15) is 0 Å². The lowest BCUT2D eigenvalue weighted by molar-refractivity contribution is -0.123. The van der Waals surface area contributed by atoms with Crippen LogP contribution in [0.3, 0.4) is 0 Å². The van der Waals surface area contributed by atoms with E-state index in [2.05, 4.69) is 22.1 Å². The van der Waals surface area contributed by atoms with Gasteiger partial charge < -0.3 is 4.90 Å². The summed E-state index contributed by atoms with van der Waals surface area (Å²) >= 11 is 0. The van der Waals surface area contributed by atoms with Gasteiger partial charge in [-0.3, -0.25) is 14.5 Å². The van der Waals surface area contributed by atoms with Crippen LogP contribution in [0.25, 0.3) is 0 Å². The fraction of sp³-hybridized carbons (Fsp3) is 0.478. The monoisotopic (exact) mass is 392 g/mol. The van der Waals surface area contributed by atoms with Crippen LogP contribution >= 0.6 is 0 Å². The molecule has 0 N–H and O–H groups in total. The number of anilines is 1. The highest BCUT2D eigenvalue weighted by molar-refractivity contribution is 6.02. The molecule has 2 amide bonds. The van der Waals surface area contributed by atoms with Gasteiger partial charge in [0, 0.05) is 38.4 Å². The van der Waals surface area contributed by atoms with Crippen LogP contribution in [0.5, 0.6) is 0 Å². The van der Waals surface area contributed by atoms with E-state index in [9.17, 15) is 9.59 Å². The molecule has 0 atom stereocenters. The van der Waals surface area contributed by atoms with Crippen molar-refractivity contribution in [3.63, 3.8) is 0 Å². The number of fused-ring (bicyclic) bond motifs is 1. The van der Waals surface area contributed by atoms with Gasteiger partial charge in [-0.2, -0.15) is 0 Å². The molecule has 152 valence electrons. The fourth-order valence-corrected chi connectivity index (χ4v) is 4.60. The van der Waals surface area contributed by atoms with Crippen molar-refractivity contribution < 1.29 is 9.59 Å². The molecular weight excluding hydrogens is 364 g/mol. The molecule has 4 rings (SSSR count). The standard InChI is InChI=1S/C23H28N4O2/c1-26(19-14-17-10-6-7-11-18(17)15-19)23(29)20-21(25-13-12-24-20)27(2)22(28)16-8-4-3-5-9-16/h6-7,10-13,16,19H,3-5,8-9,14-15H2,1-2H3. The summed E-state index contributed by atoms with van der Waals surface area (Å²) in [7, 11) is 3.53. The van der Waals surface area contributed by atoms with Gasteiger partial charge >= 0.3 is 0 Å². The van der Waals surface area contributed by atoms with E-state index >= 15 is 0 Å². The zero-order valence-electron chi connectivity index (χ0n) is 17.2. The van der Waals surface area contributed by atoms with E-state index in [0.717, 1.165) is 38.5 Å². The summed E-state index contributed by atoms with van der Waals surface area (Å²) < 4.78 is 0. The van der Waals surface area contributed by atoms with Crippen molar-refractivity contribution in [2.24, 2.45) is 5.92 Å². The van der Waals surface area contributed by atoms with E-state index in [0.29, 0.717) is 5.82 Å².